The molecule has 222 valence electrons. The summed E-state index contributed by atoms with van der Waals surface area (Å²) in [5.41, 5.74) is 2.18. The largest absolute Gasteiger partial charge is 0.489 e. The molecule has 0 heterocycles. The van der Waals surface area contributed by atoms with Gasteiger partial charge in [-0.15, -0.1) is 0 Å². The Kier molecular flexibility index (Phi) is 10.2. The number of halogens is 3. The molecule has 10 heteroatoms. The lowest BCUT2D eigenvalue weighted by atomic mass is 10.1. The molecular weight excluding hydrogens is 561 g/mol. The molecule has 43 heavy (non-hydrogen) atoms. The van der Waals surface area contributed by atoms with Crippen molar-refractivity contribution in [3.63, 3.8) is 0 Å². The van der Waals surface area contributed by atoms with Gasteiger partial charge in [-0.25, -0.2) is 4.79 Å². The molecule has 0 aliphatic rings. The van der Waals surface area contributed by atoms with Crippen LogP contribution in [0, 0.1) is 0 Å². The summed E-state index contributed by atoms with van der Waals surface area (Å²) in [4.78, 5) is 38.9. The van der Waals surface area contributed by atoms with Gasteiger partial charge in [0, 0.05) is 24.3 Å². The maximum atomic E-state index is 12.9. The number of carbonyl (C=O) groups excluding carboxylic acids is 3. The number of hydrogen-bond acceptors (Lipinski definition) is 5. The van der Waals surface area contributed by atoms with E-state index in [0.717, 1.165) is 17.7 Å². The average Bonchev–Trinajstić information content (AvgIpc) is 3.01. The minimum atomic E-state index is -4.49. The number of amides is 2. The maximum absolute atomic E-state index is 12.9. The highest BCUT2D eigenvalue weighted by atomic mass is 19.4. The maximum Gasteiger partial charge on any atom is 0.416 e. The molecule has 0 spiro atoms. The van der Waals surface area contributed by atoms with Gasteiger partial charge in [0.2, 0.25) is 0 Å². The van der Waals surface area contributed by atoms with E-state index in [2.05, 4.69) is 5.32 Å². The van der Waals surface area contributed by atoms with Crippen molar-refractivity contribution in [1.82, 2.24) is 4.90 Å². The smallest absolute Gasteiger partial charge is 0.416 e. The van der Waals surface area contributed by atoms with Crippen molar-refractivity contribution in [2.45, 2.75) is 32.8 Å². The van der Waals surface area contributed by atoms with Gasteiger partial charge in [0.15, 0.2) is 0 Å². The summed E-state index contributed by atoms with van der Waals surface area (Å²) in [6.07, 6.45) is -4.49. The molecule has 0 fully saturated rings. The molecule has 0 aliphatic heterocycles. The van der Waals surface area contributed by atoms with Gasteiger partial charge in [0.1, 0.15) is 12.4 Å². The summed E-state index contributed by atoms with van der Waals surface area (Å²) in [6.45, 7) is 1.84. The number of rotatable bonds is 10. The van der Waals surface area contributed by atoms with Gasteiger partial charge in [-0.2, -0.15) is 13.2 Å². The number of ether oxygens (including phenoxy) is 2. The summed E-state index contributed by atoms with van der Waals surface area (Å²) < 4.78 is 49.4. The molecule has 0 bridgehead atoms. The van der Waals surface area contributed by atoms with Crippen molar-refractivity contribution in [3.05, 3.63) is 131 Å². The quantitative estimate of drug-likeness (QED) is 0.166. The van der Waals surface area contributed by atoms with E-state index in [1.165, 1.54) is 17.0 Å². The van der Waals surface area contributed by atoms with E-state index in [9.17, 15) is 27.6 Å². The van der Waals surface area contributed by atoms with E-state index in [4.69, 9.17) is 9.47 Å². The number of hydrogen-bond donors (Lipinski definition) is 1. The Morgan fingerprint density at radius 2 is 1.33 bits per heavy atom. The SMILES string of the molecule is CCOC(=O)C(=O)N(Cc1ccc(NC(=O)c2ccc(OCc3ccccc3)cc2)cc1)Cc1ccc(C(F)(F)F)cc1. The number of nitrogens with zero attached hydrogens (tertiary/aromatic N) is 1. The van der Waals surface area contributed by atoms with E-state index in [0.29, 0.717) is 34.7 Å². The lowest BCUT2D eigenvalue weighted by molar-refractivity contribution is -0.160. The lowest BCUT2D eigenvalue weighted by Crippen LogP contribution is -2.36. The number of anilines is 1. The summed E-state index contributed by atoms with van der Waals surface area (Å²) >= 11 is 0. The third-order valence-electron chi connectivity index (χ3n) is 6.34. The highest BCUT2D eigenvalue weighted by molar-refractivity contribution is 6.32. The highest BCUT2D eigenvalue weighted by Crippen LogP contribution is 2.29. The summed E-state index contributed by atoms with van der Waals surface area (Å²) in [5, 5.41) is 2.80. The monoisotopic (exact) mass is 590 g/mol. The number of esters is 1. The second-order valence-electron chi connectivity index (χ2n) is 9.53. The van der Waals surface area contributed by atoms with Crippen LogP contribution in [0.4, 0.5) is 18.9 Å². The first kappa shape index (κ1) is 30.8. The van der Waals surface area contributed by atoms with Gasteiger partial charge in [0.25, 0.3) is 5.91 Å². The molecule has 0 saturated heterocycles. The lowest BCUT2D eigenvalue weighted by Gasteiger charge is -2.22. The molecule has 0 aliphatic carbocycles. The molecule has 1 N–H and O–H groups in total. The molecule has 4 aromatic carbocycles. The van der Waals surface area contributed by atoms with Crippen LogP contribution in [-0.2, 0) is 40.2 Å². The van der Waals surface area contributed by atoms with E-state index >= 15 is 0 Å². The summed E-state index contributed by atoms with van der Waals surface area (Å²) in [5.74, 6) is -1.68. The standard InChI is InChI=1S/C33H29F3N2O5/c1-2-42-32(41)31(40)38(20-23-8-14-27(15-9-23)33(34,35)36)21-24-10-16-28(17-11-24)37-30(39)26-12-18-29(19-13-26)43-22-25-6-4-3-5-7-25/h3-19H,2,20-22H2,1H3,(H,37,39). The second kappa shape index (κ2) is 14.2. The van der Waals surface area contributed by atoms with E-state index in [1.54, 1.807) is 55.5 Å². The molecule has 0 aromatic heterocycles. The van der Waals surface area contributed by atoms with Gasteiger partial charge in [-0.1, -0.05) is 54.6 Å². The fraction of sp³-hybridized carbons (Fsp3) is 0.182. The van der Waals surface area contributed by atoms with Crippen molar-refractivity contribution in [3.8, 4) is 5.75 Å². The van der Waals surface area contributed by atoms with E-state index in [-0.39, 0.29) is 25.6 Å². The molecule has 0 atom stereocenters. The molecule has 2 amide bonds. The second-order valence-corrected chi connectivity index (χ2v) is 9.53. The summed E-state index contributed by atoms with van der Waals surface area (Å²) in [6, 6.07) is 27.5. The Labute approximate surface area is 246 Å². The zero-order valence-electron chi connectivity index (χ0n) is 23.3. The van der Waals surface area contributed by atoms with Crippen LogP contribution < -0.4 is 10.1 Å². The van der Waals surface area contributed by atoms with Crippen molar-refractivity contribution in [1.29, 1.82) is 0 Å². The van der Waals surface area contributed by atoms with Crippen molar-refractivity contribution in [2.75, 3.05) is 11.9 Å². The molecule has 0 unspecified atom stereocenters. The van der Waals surface area contributed by atoms with Crippen molar-refractivity contribution >= 4 is 23.5 Å². The molecule has 4 aromatic rings. The van der Waals surface area contributed by atoms with E-state index < -0.39 is 23.6 Å². The number of benzene rings is 4. The van der Waals surface area contributed by atoms with E-state index in [1.807, 2.05) is 30.3 Å². The minimum Gasteiger partial charge on any atom is -0.489 e. The predicted molar refractivity (Wildman–Crippen MR) is 154 cm³/mol. The Morgan fingerprint density at radius 1 is 0.744 bits per heavy atom. The first-order valence-electron chi connectivity index (χ1n) is 13.4. The van der Waals surface area contributed by atoms with Gasteiger partial charge in [-0.3, -0.25) is 9.59 Å². The predicted octanol–water partition coefficient (Wildman–Crippen LogP) is 6.63. The van der Waals surface area contributed by atoms with Crippen LogP contribution >= 0.6 is 0 Å². The zero-order chi connectivity index (χ0) is 30.8. The van der Waals surface area contributed by atoms with Crippen LogP contribution in [0.5, 0.6) is 5.75 Å². The fourth-order valence-electron chi connectivity index (χ4n) is 4.10. The molecule has 0 radical (unpaired) electrons. The van der Waals surface area contributed by atoms with Crippen molar-refractivity contribution in [2.24, 2.45) is 0 Å². The molecule has 4 rings (SSSR count). The van der Waals surface area contributed by atoms with Crippen LogP contribution in [0.15, 0.2) is 103 Å². The van der Waals surface area contributed by atoms with Gasteiger partial charge < -0.3 is 19.7 Å². The van der Waals surface area contributed by atoms with Gasteiger partial charge in [0.05, 0.1) is 12.2 Å². The van der Waals surface area contributed by atoms with Crippen LogP contribution in [0.2, 0.25) is 0 Å². The Morgan fingerprint density at radius 3 is 1.88 bits per heavy atom. The number of carbonyl (C=O) groups is 3. The van der Waals surface area contributed by atoms with Crippen LogP contribution in [0.3, 0.4) is 0 Å². The van der Waals surface area contributed by atoms with Gasteiger partial charge in [-0.05, 0) is 72.1 Å². The van der Waals surface area contributed by atoms with Gasteiger partial charge >= 0.3 is 18.1 Å². The molecular formula is C33H29F3N2O5. The highest BCUT2D eigenvalue weighted by Gasteiger charge is 2.30. The number of alkyl halides is 3. The Bertz CT molecular complexity index is 1520. The normalized spacial score (nSPS) is 11.0. The zero-order valence-corrected chi connectivity index (χ0v) is 23.3. The topological polar surface area (TPSA) is 84.9 Å². The minimum absolute atomic E-state index is 0.00345. The van der Waals surface area contributed by atoms with Crippen LogP contribution in [-0.4, -0.2) is 29.3 Å². The van der Waals surface area contributed by atoms with Crippen LogP contribution in [0.1, 0.15) is 39.5 Å². The summed E-state index contributed by atoms with van der Waals surface area (Å²) in [7, 11) is 0. The Balaban J connectivity index is 1.38. The molecule has 7 nitrogen and oxygen atoms in total. The first-order valence-corrected chi connectivity index (χ1v) is 13.4. The van der Waals surface area contributed by atoms with Crippen LogP contribution in [0.25, 0.3) is 0 Å². The average molecular weight is 591 g/mol. The third-order valence-corrected chi connectivity index (χ3v) is 6.34. The number of nitrogens with one attached hydrogen (secondary N) is 1. The first-order chi connectivity index (χ1) is 20.6. The third kappa shape index (κ3) is 8.93. The fourth-order valence-corrected chi connectivity index (χ4v) is 4.10. The molecule has 0 saturated carbocycles. The van der Waals surface area contributed by atoms with Crippen molar-refractivity contribution < 1.29 is 37.0 Å². The Hall–Kier alpha value is -5.12.